The molecule has 0 aromatic heterocycles. The summed E-state index contributed by atoms with van der Waals surface area (Å²) in [6.45, 7) is 3.79. The molecular formula is C8H9ClMgS. The van der Waals surface area contributed by atoms with Crippen LogP contribution in [0.25, 0.3) is 0 Å². The minimum atomic E-state index is 0. The first-order valence-electron chi connectivity index (χ1n) is 2.79. The van der Waals surface area contributed by atoms with Crippen LogP contribution in [-0.2, 0) is 0 Å². The summed E-state index contributed by atoms with van der Waals surface area (Å²) in [5.41, 5.74) is 1.08. The molecule has 0 N–H and O–H groups in total. The van der Waals surface area contributed by atoms with Crippen molar-refractivity contribution in [3.63, 3.8) is 0 Å². The summed E-state index contributed by atoms with van der Waals surface area (Å²) in [6, 6.07) is 8.19. The molecule has 56 valence electrons. The number of thioether (sulfide) groups is 1. The molecule has 0 heterocycles. The van der Waals surface area contributed by atoms with Gasteiger partial charge in [-0.2, -0.15) is 24.6 Å². The van der Waals surface area contributed by atoms with Crippen LogP contribution in [0.4, 0.5) is 0 Å². The van der Waals surface area contributed by atoms with Crippen molar-refractivity contribution in [1.29, 1.82) is 0 Å². The molecule has 0 amide bonds. The van der Waals surface area contributed by atoms with Crippen LogP contribution in [0.2, 0.25) is 0 Å². The molecule has 0 fully saturated rings. The van der Waals surface area contributed by atoms with E-state index >= 15 is 0 Å². The largest absolute Gasteiger partial charge is 2.00 e. The summed E-state index contributed by atoms with van der Waals surface area (Å²) < 4.78 is 0. The average Bonchev–Trinajstić information content (AvgIpc) is 1.90. The Balaban J connectivity index is 0. The van der Waals surface area contributed by atoms with Crippen molar-refractivity contribution in [3.05, 3.63) is 36.8 Å². The Kier molecular flexibility index (Phi) is 9.14. The second kappa shape index (κ2) is 7.16. The fourth-order valence-electron chi connectivity index (χ4n) is 0.626. The van der Waals surface area contributed by atoms with E-state index < -0.39 is 0 Å². The summed E-state index contributed by atoms with van der Waals surface area (Å²) in [5.74, 6) is 0. The third-order valence-corrected chi connectivity index (χ3v) is 1.90. The van der Waals surface area contributed by atoms with Crippen LogP contribution in [0.15, 0.2) is 29.2 Å². The molecule has 0 bridgehead atoms. The number of hydrogen-bond donors (Lipinski definition) is 0. The van der Waals surface area contributed by atoms with Crippen LogP contribution in [0.3, 0.4) is 0 Å². The number of halogens is 1. The van der Waals surface area contributed by atoms with E-state index in [2.05, 4.69) is 25.3 Å². The predicted octanol–water partition coefficient (Wildman–Crippen LogP) is -0.786. The van der Waals surface area contributed by atoms with Gasteiger partial charge < -0.3 is 12.4 Å². The second-order valence-electron chi connectivity index (χ2n) is 1.85. The van der Waals surface area contributed by atoms with Gasteiger partial charge in [0.05, 0.1) is 0 Å². The second-order valence-corrected chi connectivity index (χ2v) is 2.73. The van der Waals surface area contributed by atoms with E-state index in [9.17, 15) is 0 Å². The number of rotatable bonds is 1. The number of hydrogen-bond acceptors (Lipinski definition) is 1. The van der Waals surface area contributed by atoms with E-state index in [1.807, 2.05) is 12.1 Å². The summed E-state index contributed by atoms with van der Waals surface area (Å²) in [4.78, 5) is 1.29. The molecule has 3 heteroatoms. The molecule has 0 radical (unpaired) electrons. The van der Waals surface area contributed by atoms with Crippen LogP contribution < -0.4 is 12.4 Å². The fourth-order valence-corrected chi connectivity index (χ4v) is 1.03. The Morgan fingerprint density at radius 3 is 2.00 bits per heavy atom. The smallest absolute Gasteiger partial charge is 1.00 e. The molecule has 0 spiro atoms. The zero-order chi connectivity index (χ0) is 6.69. The monoisotopic (exact) mass is 196 g/mol. The summed E-state index contributed by atoms with van der Waals surface area (Å²) >= 11 is 1.75. The van der Waals surface area contributed by atoms with Gasteiger partial charge in [0.15, 0.2) is 0 Å². The van der Waals surface area contributed by atoms with Gasteiger partial charge in [0.1, 0.15) is 0 Å². The maximum Gasteiger partial charge on any atom is 2.00 e. The molecule has 1 rings (SSSR count). The van der Waals surface area contributed by atoms with Crippen molar-refractivity contribution in [2.45, 2.75) is 4.90 Å². The molecule has 0 saturated carbocycles. The summed E-state index contributed by atoms with van der Waals surface area (Å²) in [5, 5.41) is 0. The topological polar surface area (TPSA) is 0 Å². The molecule has 0 aliphatic carbocycles. The Morgan fingerprint density at radius 1 is 1.18 bits per heavy atom. The molecule has 0 aliphatic rings. The number of benzene rings is 1. The van der Waals surface area contributed by atoms with Crippen LogP contribution in [0.5, 0.6) is 0 Å². The van der Waals surface area contributed by atoms with Gasteiger partial charge in [-0.05, 0) is 11.2 Å². The predicted molar refractivity (Wildman–Crippen MR) is 48.4 cm³/mol. The Hall–Kier alpha value is 0.496. The van der Waals surface area contributed by atoms with Crippen LogP contribution in [0, 0.1) is 6.92 Å². The van der Waals surface area contributed by atoms with Crippen molar-refractivity contribution in [2.24, 2.45) is 0 Å². The summed E-state index contributed by atoms with van der Waals surface area (Å²) in [7, 11) is 0. The van der Waals surface area contributed by atoms with E-state index in [4.69, 9.17) is 0 Å². The van der Waals surface area contributed by atoms with Gasteiger partial charge in [0.25, 0.3) is 0 Å². The van der Waals surface area contributed by atoms with E-state index in [0.29, 0.717) is 0 Å². The average molecular weight is 197 g/mol. The van der Waals surface area contributed by atoms with E-state index in [-0.39, 0.29) is 35.5 Å². The van der Waals surface area contributed by atoms with Crippen LogP contribution in [-0.4, -0.2) is 29.3 Å². The fraction of sp³-hybridized carbons (Fsp3) is 0.125. The maximum atomic E-state index is 3.79. The molecule has 0 saturated heterocycles. The Labute approximate surface area is 94.7 Å². The zero-order valence-corrected chi connectivity index (χ0v) is 9.50. The van der Waals surface area contributed by atoms with Gasteiger partial charge in [-0.3, -0.25) is 0 Å². The molecule has 0 unspecified atom stereocenters. The van der Waals surface area contributed by atoms with E-state index in [1.54, 1.807) is 11.8 Å². The normalized spacial score (nSPS) is 7.73. The molecule has 0 nitrogen and oxygen atoms in total. The van der Waals surface area contributed by atoms with Gasteiger partial charge in [-0.15, -0.1) is 23.9 Å². The maximum absolute atomic E-state index is 3.79. The third kappa shape index (κ3) is 4.85. The van der Waals surface area contributed by atoms with Crippen LogP contribution >= 0.6 is 11.8 Å². The zero-order valence-electron chi connectivity index (χ0n) is 6.51. The van der Waals surface area contributed by atoms with Gasteiger partial charge in [-0.25, -0.2) is 0 Å². The molecular weight excluding hydrogens is 188 g/mol. The Morgan fingerprint density at radius 2 is 1.64 bits per heavy atom. The Bertz CT molecular complexity index is 186. The molecule has 0 aliphatic heterocycles. The van der Waals surface area contributed by atoms with Gasteiger partial charge in [0, 0.05) is 0 Å². The van der Waals surface area contributed by atoms with Crippen molar-refractivity contribution < 1.29 is 12.4 Å². The van der Waals surface area contributed by atoms with Crippen molar-refractivity contribution in [1.82, 2.24) is 0 Å². The summed E-state index contributed by atoms with van der Waals surface area (Å²) in [6.07, 6.45) is 2.07. The SMILES string of the molecule is [CH2-]c1ccc(SC)cc1.[Cl-].[Mg+2]. The van der Waals surface area contributed by atoms with Crippen molar-refractivity contribution in [2.75, 3.05) is 6.26 Å². The molecule has 0 atom stereocenters. The van der Waals surface area contributed by atoms with E-state index in [1.165, 1.54) is 4.90 Å². The van der Waals surface area contributed by atoms with Gasteiger partial charge >= 0.3 is 23.1 Å². The van der Waals surface area contributed by atoms with Crippen molar-refractivity contribution in [3.8, 4) is 0 Å². The minimum Gasteiger partial charge on any atom is -1.00 e. The first kappa shape index (κ1) is 14.0. The minimum absolute atomic E-state index is 0. The van der Waals surface area contributed by atoms with Gasteiger partial charge in [0.2, 0.25) is 0 Å². The first-order valence-corrected chi connectivity index (χ1v) is 4.01. The first-order chi connectivity index (χ1) is 4.33. The van der Waals surface area contributed by atoms with Gasteiger partial charge in [-0.1, -0.05) is 0 Å². The molecule has 1 aromatic carbocycles. The van der Waals surface area contributed by atoms with Crippen LogP contribution in [0.1, 0.15) is 5.56 Å². The third-order valence-electron chi connectivity index (χ3n) is 1.16. The molecule has 1 aromatic rings. The standard InChI is InChI=1S/C8H9S.ClH.Mg/c1-7-3-5-8(9-2)6-4-7;;/h3-6H,1H2,2H3;1H;/q-1;;+2/p-1. The van der Waals surface area contributed by atoms with E-state index in [0.717, 1.165) is 5.56 Å². The molecule has 11 heavy (non-hydrogen) atoms. The van der Waals surface area contributed by atoms with Crippen molar-refractivity contribution >= 4 is 34.8 Å². The quantitative estimate of drug-likeness (QED) is 0.323.